The molecule has 0 bridgehead atoms. The second-order valence-electron chi connectivity index (χ2n) is 5.73. The van der Waals surface area contributed by atoms with Crippen molar-refractivity contribution in [2.75, 3.05) is 31.1 Å². The maximum Gasteiger partial charge on any atom is 0.287 e. The van der Waals surface area contributed by atoms with Crippen LogP contribution >= 0.6 is 0 Å². The smallest absolute Gasteiger partial charge is 0.287 e. The van der Waals surface area contributed by atoms with Crippen LogP contribution in [-0.2, 0) is 0 Å². The molecule has 7 nitrogen and oxygen atoms in total. The van der Waals surface area contributed by atoms with Crippen LogP contribution in [0.3, 0.4) is 0 Å². The molecule has 1 fully saturated rings. The van der Waals surface area contributed by atoms with Crippen LogP contribution in [-0.4, -0.2) is 46.9 Å². The van der Waals surface area contributed by atoms with Gasteiger partial charge in [0, 0.05) is 37.8 Å². The molecule has 1 aromatic carbocycles. The van der Waals surface area contributed by atoms with E-state index in [0.717, 1.165) is 11.1 Å². The number of nitro groups is 1. The Morgan fingerprint density at radius 2 is 1.83 bits per heavy atom. The third-order valence-electron chi connectivity index (χ3n) is 4.21. The summed E-state index contributed by atoms with van der Waals surface area (Å²) in [6.07, 6.45) is 1.26. The average Bonchev–Trinajstić information content (AvgIpc) is 2.62. The summed E-state index contributed by atoms with van der Waals surface area (Å²) in [5.74, 6) is 0.744. The van der Waals surface area contributed by atoms with E-state index in [4.69, 9.17) is 0 Å². The molecule has 0 spiro atoms. The number of piperazine rings is 1. The van der Waals surface area contributed by atoms with Crippen molar-refractivity contribution in [1.29, 1.82) is 0 Å². The molecule has 1 amide bonds. The van der Waals surface area contributed by atoms with Crippen molar-refractivity contribution in [1.82, 2.24) is 9.88 Å². The Labute approximate surface area is 139 Å². The van der Waals surface area contributed by atoms with Gasteiger partial charge in [-0.25, -0.2) is 4.98 Å². The van der Waals surface area contributed by atoms with Crippen LogP contribution in [0.5, 0.6) is 0 Å². The summed E-state index contributed by atoms with van der Waals surface area (Å²) in [6, 6.07) is 10.7. The summed E-state index contributed by atoms with van der Waals surface area (Å²) >= 11 is 0. The van der Waals surface area contributed by atoms with E-state index in [9.17, 15) is 14.9 Å². The van der Waals surface area contributed by atoms with E-state index < -0.39 is 4.92 Å². The van der Waals surface area contributed by atoms with Crippen molar-refractivity contribution >= 4 is 17.4 Å². The van der Waals surface area contributed by atoms with Crippen molar-refractivity contribution in [2.24, 2.45) is 0 Å². The van der Waals surface area contributed by atoms with Crippen LogP contribution in [0, 0.1) is 17.0 Å². The molecule has 0 unspecified atom stereocenters. The lowest BCUT2D eigenvalue weighted by atomic mass is 10.1. The summed E-state index contributed by atoms with van der Waals surface area (Å²) in [5.41, 5.74) is 1.69. The molecule has 2 aromatic rings. The van der Waals surface area contributed by atoms with Gasteiger partial charge in [0.15, 0.2) is 0 Å². The number of amides is 1. The van der Waals surface area contributed by atoms with Gasteiger partial charge in [0.25, 0.3) is 11.6 Å². The maximum atomic E-state index is 12.6. The zero-order chi connectivity index (χ0) is 17.1. The molecule has 7 heteroatoms. The summed E-state index contributed by atoms with van der Waals surface area (Å²) < 4.78 is 0. The van der Waals surface area contributed by atoms with Crippen LogP contribution in [0.4, 0.5) is 11.5 Å². The van der Waals surface area contributed by atoms with E-state index in [2.05, 4.69) is 4.98 Å². The van der Waals surface area contributed by atoms with Crippen molar-refractivity contribution in [3.05, 3.63) is 63.8 Å². The summed E-state index contributed by atoms with van der Waals surface area (Å²) in [5, 5.41) is 10.7. The highest BCUT2D eigenvalue weighted by molar-refractivity contribution is 5.95. The van der Waals surface area contributed by atoms with E-state index in [-0.39, 0.29) is 11.6 Å². The quantitative estimate of drug-likeness (QED) is 0.638. The highest BCUT2D eigenvalue weighted by Crippen LogP contribution is 2.18. The first-order valence-electron chi connectivity index (χ1n) is 7.76. The molecule has 0 radical (unpaired) electrons. The van der Waals surface area contributed by atoms with E-state index in [1.165, 1.54) is 12.3 Å². The molecule has 0 atom stereocenters. The predicted octanol–water partition coefficient (Wildman–Crippen LogP) is 2.26. The number of pyridine rings is 1. The fourth-order valence-corrected chi connectivity index (χ4v) is 2.80. The van der Waals surface area contributed by atoms with Gasteiger partial charge in [-0.15, -0.1) is 0 Å². The fraction of sp³-hybridized carbons (Fsp3) is 0.294. The lowest BCUT2D eigenvalue weighted by Crippen LogP contribution is -2.49. The third-order valence-corrected chi connectivity index (χ3v) is 4.21. The van der Waals surface area contributed by atoms with Crippen LogP contribution in [0.1, 0.15) is 15.9 Å². The van der Waals surface area contributed by atoms with Crippen LogP contribution < -0.4 is 4.90 Å². The van der Waals surface area contributed by atoms with Crippen LogP contribution in [0.15, 0.2) is 42.6 Å². The second kappa shape index (κ2) is 6.66. The number of hydrogen-bond acceptors (Lipinski definition) is 5. The Morgan fingerprint density at radius 3 is 2.42 bits per heavy atom. The standard InChI is InChI=1S/C17H18N4O3/c1-13-4-2-3-5-15(13)17(22)20-10-8-19(9-11-20)16-7-6-14(12-18-16)21(23)24/h2-7,12H,8-11H2,1H3. The number of aryl methyl sites for hydroxylation is 1. The van der Waals surface area contributed by atoms with Gasteiger partial charge in [0.2, 0.25) is 0 Å². The van der Waals surface area contributed by atoms with Crippen molar-refractivity contribution < 1.29 is 9.72 Å². The molecule has 1 aromatic heterocycles. The number of aromatic nitrogens is 1. The minimum atomic E-state index is -0.463. The van der Waals surface area contributed by atoms with Crippen LogP contribution in [0.2, 0.25) is 0 Å². The molecular formula is C17H18N4O3. The topological polar surface area (TPSA) is 79.6 Å². The highest BCUT2D eigenvalue weighted by atomic mass is 16.6. The molecule has 2 heterocycles. The van der Waals surface area contributed by atoms with Crippen molar-refractivity contribution in [3.63, 3.8) is 0 Å². The van der Waals surface area contributed by atoms with Gasteiger partial charge in [0.1, 0.15) is 12.0 Å². The van der Waals surface area contributed by atoms with Gasteiger partial charge >= 0.3 is 0 Å². The van der Waals surface area contributed by atoms with Crippen molar-refractivity contribution in [3.8, 4) is 0 Å². The number of anilines is 1. The Balaban J connectivity index is 1.64. The van der Waals surface area contributed by atoms with Gasteiger partial charge < -0.3 is 9.80 Å². The van der Waals surface area contributed by atoms with E-state index in [1.807, 2.05) is 41.0 Å². The number of hydrogen-bond donors (Lipinski definition) is 0. The van der Waals surface area contributed by atoms with Gasteiger partial charge in [0.05, 0.1) is 4.92 Å². The lowest BCUT2D eigenvalue weighted by molar-refractivity contribution is -0.385. The van der Waals surface area contributed by atoms with Gasteiger partial charge in [-0.05, 0) is 24.6 Å². The zero-order valence-corrected chi connectivity index (χ0v) is 13.4. The molecule has 124 valence electrons. The molecular weight excluding hydrogens is 308 g/mol. The number of carbonyl (C=O) groups excluding carboxylic acids is 1. The number of carbonyl (C=O) groups is 1. The number of rotatable bonds is 3. The first kappa shape index (κ1) is 15.9. The van der Waals surface area contributed by atoms with Gasteiger partial charge in [-0.1, -0.05) is 18.2 Å². The van der Waals surface area contributed by atoms with Gasteiger partial charge in [-0.3, -0.25) is 14.9 Å². The summed E-state index contributed by atoms with van der Waals surface area (Å²) in [4.78, 5) is 30.8. The summed E-state index contributed by atoms with van der Waals surface area (Å²) in [7, 11) is 0. The fourth-order valence-electron chi connectivity index (χ4n) is 2.80. The van der Waals surface area contributed by atoms with Crippen molar-refractivity contribution in [2.45, 2.75) is 6.92 Å². The zero-order valence-electron chi connectivity index (χ0n) is 13.4. The first-order valence-corrected chi connectivity index (χ1v) is 7.76. The molecule has 0 saturated carbocycles. The first-order chi connectivity index (χ1) is 11.6. The van der Waals surface area contributed by atoms with E-state index in [0.29, 0.717) is 32.0 Å². The average molecular weight is 326 g/mol. The summed E-state index contributed by atoms with van der Waals surface area (Å²) in [6.45, 7) is 4.45. The Bertz CT molecular complexity index is 753. The Morgan fingerprint density at radius 1 is 1.12 bits per heavy atom. The van der Waals surface area contributed by atoms with E-state index in [1.54, 1.807) is 6.07 Å². The molecule has 0 aliphatic carbocycles. The molecule has 3 rings (SSSR count). The minimum Gasteiger partial charge on any atom is -0.353 e. The van der Waals surface area contributed by atoms with E-state index >= 15 is 0 Å². The minimum absolute atomic E-state index is 0.0212. The molecule has 0 N–H and O–H groups in total. The van der Waals surface area contributed by atoms with Crippen LogP contribution in [0.25, 0.3) is 0 Å². The molecule has 1 aliphatic rings. The lowest BCUT2D eigenvalue weighted by Gasteiger charge is -2.35. The third kappa shape index (κ3) is 3.19. The normalized spacial score (nSPS) is 14.5. The largest absolute Gasteiger partial charge is 0.353 e. The predicted molar refractivity (Wildman–Crippen MR) is 90.2 cm³/mol. The molecule has 1 saturated heterocycles. The molecule has 1 aliphatic heterocycles. The number of benzene rings is 1. The monoisotopic (exact) mass is 326 g/mol. The van der Waals surface area contributed by atoms with Gasteiger partial charge in [-0.2, -0.15) is 0 Å². The maximum absolute atomic E-state index is 12.6. The molecule has 24 heavy (non-hydrogen) atoms. The second-order valence-corrected chi connectivity index (χ2v) is 5.73. The Kier molecular flexibility index (Phi) is 4.41. The number of nitrogens with zero attached hydrogens (tertiary/aromatic N) is 4. The highest BCUT2D eigenvalue weighted by Gasteiger charge is 2.23. The SMILES string of the molecule is Cc1ccccc1C(=O)N1CCN(c2ccc([N+](=O)[O-])cn2)CC1. The Hall–Kier alpha value is -2.96.